The molecular weight excluding hydrogens is 282 g/mol. The van der Waals surface area contributed by atoms with Gasteiger partial charge in [0.1, 0.15) is 6.10 Å². The number of carbonyl (C=O) groups excluding carboxylic acids is 1. The minimum atomic E-state index is -0.252. The molecule has 1 atom stereocenters. The SMILES string of the molecule is CO[C@H](CNC(=O)c1cccs1)c1ccccc1Cl. The first kappa shape index (κ1) is 14.1. The van der Waals surface area contributed by atoms with Crippen molar-refractivity contribution in [2.24, 2.45) is 0 Å². The van der Waals surface area contributed by atoms with Gasteiger partial charge in [-0.3, -0.25) is 4.79 Å². The first-order valence-corrected chi connectivity index (χ1v) is 7.07. The largest absolute Gasteiger partial charge is 0.375 e. The van der Waals surface area contributed by atoms with Gasteiger partial charge in [0.25, 0.3) is 5.91 Å². The molecule has 100 valence electrons. The fraction of sp³-hybridized carbons (Fsp3) is 0.214. The number of benzene rings is 1. The van der Waals surface area contributed by atoms with Crippen LogP contribution in [0.4, 0.5) is 0 Å². The van der Waals surface area contributed by atoms with Gasteiger partial charge in [-0.1, -0.05) is 35.9 Å². The summed E-state index contributed by atoms with van der Waals surface area (Å²) >= 11 is 7.53. The Kier molecular flexibility index (Phi) is 4.96. The Labute approximate surface area is 121 Å². The number of amides is 1. The Morgan fingerprint density at radius 3 is 2.79 bits per heavy atom. The van der Waals surface area contributed by atoms with Gasteiger partial charge < -0.3 is 10.1 Å². The zero-order valence-electron chi connectivity index (χ0n) is 10.4. The average molecular weight is 296 g/mol. The van der Waals surface area contributed by atoms with Gasteiger partial charge in [-0.05, 0) is 17.5 Å². The van der Waals surface area contributed by atoms with E-state index in [9.17, 15) is 4.79 Å². The summed E-state index contributed by atoms with van der Waals surface area (Å²) in [5.41, 5.74) is 0.873. The Bertz CT molecular complexity index is 542. The summed E-state index contributed by atoms with van der Waals surface area (Å²) in [6.07, 6.45) is -0.252. The molecule has 0 aliphatic heterocycles. The number of rotatable bonds is 5. The van der Waals surface area contributed by atoms with E-state index < -0.39 is 0 Å². The van der Waals surface area contributed by atoms with Crippen LogP contribution < -0.4 is 5.32 Å². The van der Waals surface area contributed by atoms with Crippen molar-refractivity contribution < 1.29 is 9.53 Å². The maximum atomic E-state index is 11.9. The van der Waals surface area contributed by atoms with E-state index in [0.29, 0.717) is 16.4 Å². The van der Waals surface area contributed by atoms with Crippen LogP contribution in [0, 0.1) is 0 Å². The maximum absolute atomic E-state index is 11.9. The lowest BCUT2D eigenvalue weighted by Crippen LogP contribution is -2.28. The lowest BCUT2D eigenvalue weighted by atomic mass is 10.1. The molecule has 0 aliphatic carbocycles. The van der Waals surface area contributed by atoms with Crippen LogP contribution in [0.2, 0.25) is 5.02 Å². The predicted molar refractivity (Wildman–Crippen MR) is 77.9 cm³/mol. The van der Waals surface area contributed by atoms with E-state index in [1.807, 2.05) is 35.7 Å². The molecule has 3 nitrogen and oxygen atoms in total. The van der Waals surface area contributed by atoms with E-state index in [1.165, 1.54) is 11.3 Å². The van der Waals surface area contributed by atoms with Crippen molar-refractivity contribution in [3.8, 4) is 0 Å². The molecule has 1 aromatic heterocycles. The minimum Gasteiger partial charge on any atom is -0.375 e. The van der Waals surface area contributed by atoms with Gasteiger partial charge in [-0.2, -0.15) is 0 Å². The Balaban J connectivity index is 2.01. The number of halogens is 1. The van der Waals surface area contributed by atoms with Crippen molar-refractivity contribution in [1.82, 2.24) is 5.32 Å². The Morgan fingerprint density at radius 1 is 1.37 bits per heavy atom. The van der Waals surface area contributed by atoms with Crippen molar-refractivity contribution in [2.45, 2.75) is 6.10 Å². The van der Waals surface area contributed by atoms with Crippen LogP contribution in [-0.2, 0) is 4.74 Å². The second kappa shape index (κ2) is 6.70. The highest BCUT2D eigenvalue weighted by Gasteiger charge is 2.15. The van der Waals surface area contributed by atoms with Gasteiger partial charge in [0, 0.05) is 24.2 Å². The van der Waals surface area contributed by atoms with E-state index in [4.69, 9.17) is 16.3 Å². The molecule has 0 fully saturated rings. The summed E-state index contributed by atoms with van der Waals surface area (Å²) in [5, 5.41) is 5.36. The topological polar surface area (TPSA) is 38.3 Å². The number of carbonyl (C=O) groups is 1. The van der Waals surface area contributed by atoms with E-state index in [-0.39, 0.29) is 12.0 Å². The van der Waals surface area contributed by atoms with E-state index in [1.54, 1.807) is 13.2 Å². The van der Waals surface area contributed by atoms with Gasteiger partial charge in [-0.25, -0.2) is 0 Å². The molecule has 0 bridgehead atoms. The lowest BCUT2D eigenvalue weighted by molar-refractivity contribution is 0.0831. The molecule has 0 saturated heterocycles. The fourth-order valence-corrected chi connectivity index (χ4v) is 2.63. The number of ether oxygens (including phenoxy) is 1. The second-order valence-electron chi connectivity index (χ2n) is 3.93. The van der Waals surface area contributed by atoms with Crippen LogP contribution in [0.3, 0.4) is 0 Å². The van der Waals surface area contributed by atoms with Gasteiger partial charge in [0.2, 0.25) is 0 Å². The molecule has 5 heteroatoms. The molecule has 1 N–H and O–H groups in total. The highest BCUT2D eigenvalue weighted by molar-refractivity contribution is 7.12. The summed E-state index contributed by atoms with van der Waals surface area (Å²) in [6, 6.07) is 11.1. The van der Waals surface area contributed by atoms with Crippen molar-refractivity contribution >= 4 is 28.8 Å². The first-order valence-electron chi connectivity index (χ1n) is 5.81. The van der Waals surface area contributed by atoms with Gasteiger partial charge in [0.05, 0.1) is 4.88 Å². The lowest BCUT2D eigenvalue weighted by Gasteiger charge is -2.17. The highest BCUT2D eigenvalue weighted by atomic mass is 35.5. The van der Waals surface area contributed by atoms with Crippen LogP contribution in [0.5, 0.6) is 0 Å². The molecule has 0 unspecified atom stereocenters. The van der Waals surface area contributed by atoms with Gasteiger partial charge in [0.15, 0.2) is 0 Å². The highest BCUT2D eigenvalue weighted by Crippen LogP contribution is 2.24. The fourth-order valence-electron chi connectivity index (χ4n) is 1.74. The summed E-state index contributed by atoms with van der Waals surface area (Å²) in [6.45, 7) is 0.386. The number of thiophene rings is 1. The quantitative estimate of drug-likeness (QED) is 0.916. The molecule has 0 radical (unpaired) electrons. The van der Waals surface area contributed by atoms with E-state index in [2.05, 4.69) is 5.32 Å². The number of nitrogens with one attached hydrogen (secondary N) is 1. The Morgan fingerprint density at radius 2 is 2.16 bits per heavy atom. The van der Waals surface area contributed by atoms with Gasteiger partial charge >= 0.3 is 0 Å². The molecule has 1 heterocycles. The Hall–Kier alpha value is -1.36. The predicted octanol–water partition coefficient (Wildman–Crippen LogP) is 3.52. The third kappa shape index (κ3) is 3.56. The van der Waals surface area contributed by atoms with Crippen molar-refractivity contribution in [3.05, 3.63) is 57.2 Å². The van der Waals surface area contributed by atoms with Crippen LogP contribution in [0.15, 0.2) is 41.8 Å². The van der Waals surface area contributed by atoms with Crippen molar-refractivity contribution in [2.75, 3.05) is 13.7 Å². The molecule has 2 aromatic rings. The molecular formula is C14H14ClNO2S. The zero-order valence-corrected chi connectivity index (χ0v) is 12.0. The smallest absolute Gasteiger partial charge is 0.261 e. The number of methoxy groups -OCH3 is 1. The van der Waals surface area contributed by atoms with Crippen molar-refractivity contribution in [1.29, 1.82) is 0 Å². The summed E-state index contributed by atoms with van der Waals surface area (Å²) in [7, 11) is 1.60. The third-order valence-electron chi connectivity index (χ3n) is 2.73. The molecule has 1 amide bonds. The molecule has 1 aromatic carbocycles. The normalized spacial score (nSPS) is 12.1. The summed E-state index contributed by atoms with van der Waals surface area (Å²) in [5.74, 6) is -0.0934. The molecule has 0 aliphatic rings. The standard InChI is InChI=1S/C14H14ClNO2S/c1-18-12(10-5-2-3-6-11(10)15)9-16-14(17)13-7-4-8-19-13/h2-8,12H,9H2,1H3,(H,16,17)/t12-/m1/s1. The maximum Gasteiger partial charge on any atom is 0.261 e. The molecule has 0 spiro atoms. The molecule has 0 saturated carbocycles. The van der Waals surface area contributed by atoms with Crippen LogP contribution >= 0.6 is 22.9 Å². The summed E-state index contributed by atoms with van der Waals surface area (Å²) < 4.78 is 5.39. The second-order valence-corrected chi connectivity index (χ2v) is 5.29. The third-order valence-corrected chi connectivity index (χ3v) is 3.94. The first-order chi connectivity index (χ1) is 9.22. The van der Waals surface area contributed by atoms with Crippen LogP contribution in [0.1, 0.15) is 21.3 Å². The zero-order chi connectivity index (χ0) is 13.7. The average Bonchev–Trinajstić information content (AvgIpc) is 2.95. The molecule has 2 rings (SSSR count). The van der Waals surface area contributed by atoms with Gasteiger partial charge in [-0.15, -0.1) is 11.3 Å². The van der Waals surface area contributed by atoms with Crippen LogP contribution in [0.25, 0.3) is 0 Å². The number of hydrogen-bond donors (Lipinski definition) is 1. The minimum absolute atomic E-state index is 0.0934. The van der Waals surface area contributed by atoms with E-state index in [0.717, 1.165) is 5.56 Å². The molecule has 19 heavy (non-hydrogen) atoms. The monoisotopic (exact) mass is 295 g/mol. The number of hydrogen-bond acceptors (Lipinski definition) is 3. The van der Waals surface area contributed by atoms with Crippen molar-refractivity contribution in [3.63, 3.8) is 0 Å². The summed E-state index contributed by atoms with van der Waals surface area (Å²) in [4.78, 5) is 12.5. The van der Waals surface area contributed by atoms with Crippen LogP contribution in [-0.4, -0.2) is 19.6 Å². The van der Waals surface area contributed by atoms with E-state index >= 15 is 0 Å².